The second-order valence-electron chi connectivity index (χ2n) is 6.04. The molecular weight excluding hydrogens is 328 g/mol. The summed E-state index contributed by atoms with van der Waals surface area (Å²) in [4.78, 5) is 29.3. The molecule has 0 spiro atoms. The van der Waals surface area contributed by atoms with Gasteiger partial charge in [0.1, 0.15) is 10.4 Å². The fourth-order valence-electron chi connectivity index (χ4n) is 3.49. The van der Waals surface area contributed by atoms with Gasteiger partial charge in [-0.05, 0) is 26.7 Å². The van der Waals surface area contributed by atoms with Gasteiger partial charge in [-0.1, -0.05) is 13.8 Å². The molecule has 0 aliphatic carbocycles. The number of carbonyl (C=O) groups is 2. The monoisotopic (exact) mass is 352 g/mol. The highest BCUT2D eigenvalue weighted by Gasteiger charge is 2.56. The maximum atomic E-state index is 12.7. The average Bonchev–Trinajstić information content (AvgIpc) is 3.05. The Hall–Kier alpha value is -1.89. The van der Waals surface area contributed by atoms with Gasteiger partial charge >= 0.3 is 11.9 Å². The van der Waals surface area contributed by atoms with Crippen molar-refractivity contribution in [3.8, 4) is 0 Å². The van der Waals surface area contributed by atoms with Crippen LogP contribution in [0.4, 0.5) is 0 Å². The van der Waals surface area contributed by atoms with Crippen LogP contribution in [0.1, 0.15) is 51.5 Å². The van der Waals surface area contributed by atoms with E-state index in [-0.39, 0.29) is 6.04 Å². The number of rotatable bonds is 6. The zero-order valence-electron chi connectivity index (χ0n) is 14.5. The molecule has 0 saturated carbocycles. The third-order valence-corrected chi connectivity index (χ3v) is 5.59. The Morgan fingerprint density at radius 1 is 1.46 bits per heavy atom. The molecule has 0 fully saturated rings. The maximum Gasteiger partial charge on any atom is 0.336 e. The molecule has 2 rings (SSSR count). The number of hydrogen-bond acceptors (Lipinski definition) is 6. The molecule has 0 radical (unpaired) electrons. The van der Waals surface area contributed by atoms with E-state index < -0.39 is 23.3 Å². The molecule has 0 amide bonds. The highest BCUT2D eigenvalue weighted by atomic mass is 32.1. The fraction of sp³-hybridized carbons (Fsp3) is 0.588. The van der Waals surface area contributed by atoms with Crippen LogP contribution in [0.5, 0.6) is 0 Å². The normalized spacial score (nSPS) is 26.8. The molecule has 0 bridgehead atoms. The molecule has 6 nitrogen and oxygen atoms in total. The van der Waals surface area contributed by atoms with Crippen LogP contribution in [0, 0.1) is 5.41 Å². The van der Waals surface area contributed by atoms with Gasteiger partial charge in [-0.25, -0.2) is 9.78 Å². The number of carboxylic acid groups (broad SMARTS) is 1. The lowest BCUT2D eigenvalue weighted by Gasteiger charge is -2.45. The summed E-state index contributed by atoms with van der Waals surface area (Å²) in [6, 6.07) is -0.336. The van der Waals surface area contributed by atoms with Crippen molar-refractivity contribution in [1.29, 1.82) is 0 Å². The topological polar surface area (TPSA) is 88.5 Å². The van der Waals surface area contributed by atoms with E-state index in [0.29, 0.717) is 35.7 Å². The molecule has 0 aromatic carbocycles. The predicted octanol–water partition coefficient (Wildman–Crippen LogP) is 2.93. The number of aliphatic carboxylic acids is 1. The van der Waals surface area contributed by atoms with Crippen LogP contribution in [0.2, 0.25) is 0 Å². The number of thiazole rings is 1. The third kappa shape index (κ3) is 2.92. The summed E-state index contributed by atoms with van der Waals surface area (Å²) in [7, 11) is 0. The van der Waals surface area contributed by atoms with Crippen molar-refractivity contribution in [3.63, 3.8) is 0 Å². The van der Waals surface area contributed by atoms with Crippen LogP contribution in [0.15, 0.2) is 22.8 Å². The third-order valence-electron chi connectivity index (χ3n) is 4.75. The van der Waals surface area contributed by atoms with Gasteiger partial charge in [0, 0.05) is 23.3 Å². The van der Waals surface area contributed by atoms with Gasteiger partial charge in [-0.2, -0.15) is 0 Å². The van der Waals surface area contributed by atoms with Crippen LogP contribution in [0.25, 0.3) is 0 Å². The molecular formula is C17H24N2O4S. The smallest absolute Gasteiger partial charge is 0.336 e. The molecule has 7 heteroatoms. The minimum Gasteiger partial charge on any atom is -0.481 e. The minimum atomic E-state index is -1.15. The maximum absolute atomic E-state index is 12.7. The number of hydrogen-bond donors (Lipinski definition) is 2. The first-order chi connectivity index (χ1) is 11.4. The molecule has 132 valence electrons. The number of esters is 1. The largest absolute Gasteiger partial charge is 0.481 e. The van der Waals surface area contributed by atoms with E-state index in [4.69, 9.17) is 4.74 Å². The SMILES string of the molecule is CCCOC(=O)C1=C(C)NC(C)C(CC)(C(=O)O)C1c1nccs1. The lowest BCUT2D eigenvalue weighted by Crippen LogP contribution is -2.56. The fourth-order valence-corrected chi connectivity index (χ4v) is 4.34. The van der Waals surface area contributed by atoms with Crippen molar-refractivity contribution in [2.75, 3.05) is 6.61 Å². The number of allylic oxidation sites excluding steroid dienone is 1. The molecule has 3 atom stereocenters. The first-order valence-electron chi connectivity index (χ1n) is 8.17. The van der Waals surface area contributed by atoms with E-state index in [1.165, 1.54) is 11.3 Å². The van der Waals surface area contributed by atoms with E-state index in [9.17, 15) is 14.7 Å². The Labute approximate surface area is 145 Å². The van der Waals surface area contributed by atoms with Crippen LogP contribution < -0.4 is 5.32 Å². The molecule has 2 N–H and O–H groups in total. The van der Waals surface area contributed by atoms with E-state index in [2.05, 4.69) is 10.3 Å². The van der Waals surface area contributed by atoms with Gasteiger partial charge < -0.3 is 15.2 Å². The molecule has 2 heterocycles. The summed E-state index contributed by atoms with van der Waals surface area (Å²) >= 11 is 1.37. The summed E-state index contributed by atoms with van der Waals surface area (Å²) in [6.07, 6.45) is 2.72. The highest BCUT2D eigenvalue weighted by Crippen LogP contribution is 2.50. The van der Waals surface area contributed by atoms with Gasteiger partial charge in [0.2, 0.25) is 0 Å². The number of carboxylic acids is 1. The number of nitrogens with zero attached hydrogens (tertiary/aromatic N) is 1. The number of nitrogens with one attached hydrogen (secondary N) is 1. The molecule has 1 aromatic rings. The summed E-state index contributed by atoms with van der Waals surface area (Å²) in [5.41, 5.74) is -0.118. The standard InChI is InChI=1S/C17H24N2O4S/c1-5-8-23-15(20)12-10(3)19-11(4)17(6-2,16(21)22)13(12)14-18-7-9-24-14/h7,9,11,13,19H,5-6,8H2,1-4H3,(H,21,22). The first-order valence-corrected chi connectivity index (χ1v) is 9.05. The molecule has 24 heavy (non-hydrogen) atoms. The average molecular weight is 352 g/mol. The molecule has 3 unspecified atom stereocenters. The lowest BCUT2D eigenvalue weighted by atomic mass is 9.63. The predicted molar refractivity (Wildman–Crippen MR) is 91.8 cm³/mol. The highest BCUT2D eigenvalue weighted by molar-refractivity contribution is 7.09. The van der Waals surface area contributed by atoms with E-state index >= 15 is 0 Å². The summed E-state index contributed by atoms with van der Waals surface area (Å²) in [5.74, 6) is -2.02. The second-order valence-corrected chi connectivity index (χ2v) is 6.97. The van der Waals surface area contributed by atoms with Crippen molar-refractivity contribution in [1.82, 2.24) is 10.3 Å². The Balaban J connectivity index is 2.63. The first kappa shape index (κ1) is 18.4. The van der Waals surface area contributed by atoms with Crippen molar-refractivity contribution in [2.45, 2.75) is 52.5 Å². The number of carbonyl (C=O) groups excluding carboxylic acids is 1. The Morgan fingerprint density at radius 3 is 2.67 bits per heavy atom. The van der Waals surface area contributed by atoms with Crippen LogP contribution in [0.3, 0.4) is 0 Å². The quantitative estimate of drug-likeness (QED) is 0.765. The second kappa shape index (κ2) is 7.34. The van der Waals surface area contributed by atoms with E-state index in [1.807, 2.05) is 20.8 Å². The summed E-state index contributed by atoms with van der Waals surface area (Å²) in [5, 5.41) is 15.7. The Kier molecular flexibility index (Phi) is 5.64. The van der Waals surface area contributed by atoms with Crippen molar-refractivity contribution in [2.24, 2.45) is 5.41 Å². The van der Waals surface area contributed by atoms with Crippen LogP contribution in [-0.4, -0.2) is 34.7 Å². The zero-order chi connectivity index (χ0) is 17.9. The summed E-state index contributed by atoms with van der Waals surface area (Å²) < 4.78 is 5.33. The summed E-state index contributed by atoms with van der Waals surface area (Å²) in [6.45, 7) is 7.70. The van der Waals surface area contributed by atoms with E-state index in [0.717, 1.165) is 0 Å². The van der Waals surface area contributed by atoms with Gasteiger partial charge in [-0.15, -0.1) is 11.3 Å². The van der Waals surface area contributed by atoms with Gasteiger partial charge in [0.05, 0.1) is 18.1 Å². The molecule has 1 aromatic heterocycles. The number of ether oxygens (including phenoxy) is 1. The van der Waals surface area contributed by atoms with Gasteiger partial charge in [-0.3, -0.25) is 4.79 Å². The molecule has 1 aliphatic rings. The van der Waals surface area contributed by atoms with Crippen molar-refractivity contribution in [3.05, 3.63) is 27.9 Å². The Morgan fingerprint density at radius 2 is 2.17 bits per heavy atom. The molecule has 0 saturated heterocycles. The van der Waals surface area contributed by atoms with Crippen molar-refractivity contribution >= 4 is 23.3 Å². The van der Waals surface area contributed by atoms with Crippen LogP contribution in [-0.2, 0) is 14.3 Å². The zero-order valence-corrected chi connectivity index (χ0v) is 15.3. The van der Waals surface area contributed by atoms with Gasteiger partial charge in [0.15, 0.2) is 0 Å². The lowest BCUT2D eigenvalue weighted by molar-refractivity contribution is -0.153. The minimum absolute atomic E-state index is 0.307. The molecule has 1 aliphatic heterocycles. The van der Waals surface area contributed by atoms with Gasteiger partial charge in [0.25, 0.3) is 0 Å². The van der Waals surface area contributed by atoms with Crippen molar-refractivity contribution < 1.29 is 19.4 Å². The Bertz CT molecular complexity index is 641. The van der Waals surface area contributed by atoms with E-state index in [1.54, 1.807) is 18.5 Å². The van der Waals surface area contributed by atoms with Crippen LogP contribution >= 0.6 is 11.3 Å². The number of aromatic nitrogens is 1.